The van der Waals surface area contributed by atoms with E-state index in [1.54, 1.807) is 7.11 Å². The van der Waals surface area contributed by atoms with Crippen LogP contribution in [0.3, 0.4) is 0 Å². The Balaban J connectivity index is 1.88. The summed E-state index contributed by atoms with van der Waals surface area (Å²) >= 11 is 0. The molecule has 5 heteroatoms. The molecular formula is C8H14N4O. The van der Waals surface area contributed by atoms with E-state index >= 15 is 0 Å². The normalized spacial score (nSPS) is 17.3. The fraction of sp³-hybridized carbons (Fsp3) is 0.750. The second kappa shape index (κ2) is 3.85. The number of hydrogen-bond donors (Lipinski definition) is 1. The topological polar surface area (TPSA) is 52.0 Å². The SMILES string of the molecule is COCc1cn(CC2CNC2)nn1. The smallest absolute Gasteiger partial charge is 0.108 e. The van der Waals surface area contributed by atoms with E-state index in [4.69, 9.17) is 4.74 Å². The highest BCUT2D eigenvalue weighted by atomic mass is 16.5. The van der Waals surface area contributed by atoms with Gasteiger partial charge in [0.15, 0.2) is 0 Å². The number of nitrogens with zero attached hydrogens (tertiary/aromatic N) is 3. The summed E-state index contributed by atoms with van der Waals surface area (Å²) in [4.78, 5) is 0. The van der Waals surface area contributed by atoms with E-state index < -0.39 is 0 Å². The van der Waals surface area contributed by atoms with Crippen molar-refractivity contribution in [1.82, 2.24) is 20.3 Å². The summed E-state index contributed by atoms with van der Waals surface area (Å²) in [5, 5.41) is 11.2. The van der Waals surface area contributed by atoms with Crippen LogP contribution in [-0.2, 0) is 17.9 Å². The minimum Gasteiger partial charge on any atom is -0.378 e. The third kappa shape index (κ3) is 2.05. The Hall–Kier alpha value is -0.940. The average molecular weight is 182 g/mol. The lowest BCUT2D eigenvalue weighted by Crippen LogP contribution is -2.44. The predicted octanol–water partition coefficient (Wildman–Crippen LogP) is -0.356. The van der Waals surface area contributed by atoms with Gasteiger partial charge in [-0.15, -0.1) is 5.10 Å². The highest BCUT2D eigenvalue weighted by Crippen LogP contribution is 2.06. The van der Waals surface area contributed by atoms with Gasteiger partial charge in [-0.3, -0.25) is 4.68 Å². The maximum atomic E-state index is 4.96. The van der Waals surface area contributed by atoms with Gasteiger partial charge in [0.05, 0.1) is 12.8 Å². The van der Waals surface area contributed by atoms with Crippen LogP contribution in [0.4, 0.5) is 0 Å². The van der Waals surface area contributed by atoms with Gasteiger partial charge >= 0.3 is 0 Å². The Morgan fingerprint density at radius 1 is 1.69 bits per heavy atom. The molecule has 2 rings (SSSR count). The number of hydrogen-bond acceptors (Lipinski definition) is 4. The molecule has 2 heterocycles. The third-order valence-corrected chi connectivity index (χ3v) is 2.19. The summed E-state index contributed by atoms with van der Waals surface area (Å²) in [7, 11) is 1.66. The molecular weight excluding hydrogens is 168 g/mol. The van der Waals surface area contributed by atoms with Crippen LogP contribution in [0.15, 0.2) is 6.20 Å². The maximum absolute atomic E-state index is 4.96. The molecule has 1 N–H and O–H groups in total. The van der Waals surface area contributed by atoms with Crippen LogP contribution in [0.2, 0.25) is 0 Å². The Labute approximate surface area is 77.1 Å². The molecule has 0 unspecified atom stereocenters. The molecule has 1 aliphatic heterocycles. The van der Waals surface area contributed by atoms with E-state index in [1.165, 1.54) is 0 Å². The molecule has 0 aromatic carbocycles. The van der Waals surface area contributed by atoms with Crippen molar-refractivity contribution in [3.63, 3.8) is 0 Å². The largest absolute Gasteiger partial charge is 0.378 e. The fourth-order valence-electron chi connectivity index (χ4n) is 1.38. The first-order valence-corrected chi connectivity index (χ1v) is 4.47. The first kappa shape index (κ1) is 8.65. The van der Waals surface area contributed by atoms with E-state index in [2.05, 4.69) is 15.6 Å². The van der Waals surface area contributed by atoms with Gasteiger partial charge in [0.1, 0.15) is 5.69 Å². The van der Waals surface area contributed by atoms with E-state index in [9.17, 15) is 0 Å². The monoisotopic (exact) mass is 182 g/mol. The van der Waals surface area contributed by atoms with Crippen LogP contribution in [0.25, 0.3) is 0 Å². The number of aromatic nitrogens is 3. The zero-order chi connectivity index (χ0) is 9.10. The molecule has 1 fully saturated rings. The molecule has 13 heavy (non-hydrogen) atoms. The molecule has 1 aliphatic rings. The number of ether oxygens (including phenoxy) is 1. The van der Waals surface area contributed by atoms with Crippen molar-refractivity contribution < 1.29 is 4.74 Å². The minimum absolute atomic E-state index is 0.545. The zero-order valence-corrected chi connectivity index (χ0v) is 7.73. The van der Waals surface area contributed by atoms with Gasteiger partial charge in [0.2, 0.25) is 0 Å². The van der Waals surface area contributed by atoms with Crippen LogP contribution < -0.4 is 5.32 Å². The molecule has 1 saturated heterocycles. The van der Waals surface area contributed by atoms with Crippen molar-refractivity contribution >= 4 is 0 Å². The molecule has 72 valence electrons. The van der Waals surface area contributed by atoms with Crippen LogP contribution in [0.1, 0.15) is 5.69 Å². The molecule has 0 spiro atoms. The van der Waals surface area contributed by atoms with Gasteiger partial charge in [-0.1, -0.05) is 5.21 Å². The lowest BCUT2D eigenvalue weighted by molar-refractivity contribution is 0.181. The van der Waals surface area contributed by atoms with E-state index in [-0.39, 0.29) is 0 Å². The van der Waals surface area contributed by atoms with Crippen molar-refractivity contribution in [3.8, 4) is 0 Å². The van der Waals surface area contributed by atoms with Gasteiger partial charge < -0.3 is 10.1 Å². The highest BCUT2D eigenvalue weighted by molar-refractivity contribution is 4.90. The second-order valence-corrected chi connectivity index (χ2v) is 3.39. The lowest BCUT2D eigenvalue weighted by Gasteiger charge is -2.26. The molecule has 5 nitrogen and oxygen atoms in total. The van der Waals surface area contributed by atoms with Gasteiger partial charge in [-0.05, 0) is 0 Å². The van der Waals surface area contributed by atoms with Crippen molar-refractivity contribution in [2.75, 3.05) is 20.2 Å². The Morgan fingerprint density at radius 2 is 2.54 bits per heavy atom. The first-order chi connectivity index (χ1) is 6.38. The molecule has 0 bridgehead atoms. The summed E-state index contributed by atoms with van der Waals surface area (Å²) in [6.07, 6.45) is 1.95. The quantitative estimate of drug-likeness (QED) is 0.691. The minimum atomic E-state index is 0.545. The van der Waals surface area contributed by atoms with E-state index in [0.29, 0.717) is 6.61 Å². The number of methoxy groups -OCH3 is 1. The van der Waals surface area contributed by atoms with E-state index in [0.717, 1.165) is 31.2 Å². The lowest BCUT2D eigenvalue weighted by atomic mass is 10.0. The predicted molar refractivity (Wildman–Crippen MR) is 47.1 cm³/mol. The Morgan fingerprint density at radius 3 is 3.15 bits per heavy atom. The highest BCUT2D eigenvalue weighted by Gasteiger charge is 2.17. The second-order valence-electron chi connectivity index (χ2n) is 3.39. The molecule has 0 atom stereocenters. The number of nitrogens with one attached hydrogen (secondary N) is 1. The molecule has 1 aromatic heterocycles. The molecule has 1 aromatic rings. The molecule has 0 amide bonds. The molecule has 0 aliphatic carbocycles. The van der Waals surface area contributed by atoms with Gasteiger partial charge in [-0.2, -0.15) is 0 Å². The van der Waals surface area contributed by atoms with Crippen LogP contribution in [0, 0.1) is 5.92 Å². The average Bonchev–Trinajstić information content (AvgIpc) is 2.46. The number of rotatable bonds is 4. The Kier molecular flexibility index (Phi) is 2.56. The summed E-state index contributed by atoms with van der Waals surface area (Å²) in [5.74, 6) is 0.720. The summed E-state index contributed by atoms with van der Waals surface area (Å²) < 4.78 is 6.85. The Bertz CT molecular complexity index is 269. The first-order valence-electron chi connectivity index (χ1n) is 4.47. The van der Waals surface area contributed by atoms with Gasteiger partial charge in [-0.25, -0.2) is 0 Å². The summed E-state index contributed by atoms with van der Waals surface area (Å²) in [6.45, 7) is 3.70. The molecule has 0 saturated carbocycles. The molecule has 0 radical (unpaired) electrons. The van der Waals surface area contributed by atoms with Gasteiger partial charge in [0.25, 0.3) is 0 Å². The van der Waals surface area contributed by atoms with Crippen LogP contribution in [-0.4, -0.2) is 35.2 Å². The zero-order valence-electron chi connectivity index (χ0n) is 7.73. The van der Waals surface area contributed by atoms with Crippen LogP contribution in [0.5, 0.6) is 0 Å². The summed E-state index contributed by atoms with van der Waals surface area (Å²) in [6, 6.07) is 0. The standard InChI is InChI=1S/C8H14N4O/c1-13-6-8-5-12(11-10-8)4-7-2-9-3-7/h5,7,9H,2-4,6H2,1H3. The van der Waals surface area contributed by atoms with Crippen molar-refractivity contribution in [2.24, 2.45) is 5.92 Å². The van der Waals surface area contributed by atoms with Gasteiger partial charge in [0, 0.05) is 32.7 Å². The van der Waals surface area contributed by atoms with Crippen molar-refractivity contribution in [2.45, 2.75) is 13.2 Å². The van der Waals surface area contributed by atoms with Crippen molar-refractivity contribution in [1.29, 1.82) is 0 Å². The van der Waals surface area contributed by atoms with E-state index in [1.807, 2.05) is 10.9 Å². The van der Waals surface area contributed by atoms with Crippen molar-refractivity contribution in [3.05, 3.63) is 11.9 Å². The summed E-state index contributed by atoms with van der Waals surface area (Å²) in [5.41, 5.74) is 0.898. The van der Waals surface area contributed by atoms with Crippen LogP contribution >= 0.6 is 0 Å². The fourth-order valence-corrected chi connectivity index (χ4v) is 1.38. The third-order valence-electron chi connectivity index (χ3n) is 2.19. The maximum Gasteiger partial charge on any atom is 0.108 e.